The fraction of sp³-hybridized carbons (Fsp3) is 0.214. The first-order chi connectivity index (χ1) is 18.2. The Hall–Kier alpha value is -4.57. The lowest BCUT2D eigenvalue weighted by Gasteiger charge is -2.27. The molecule has 200 valence electrons. The molecule has 0 saturated carbocycles. The van der Waals surface area contributed by atoms with Crippen molar-refractivity contribution in [2.24, 2.45) is 0 Å². The second-order valence-electron chi connectivity index (χ2n) is 7.96. The topological polar surface area (TPSA) is 115 Å². The predicted molar refractivity (Wildman–Crippen MR) is 138 cm³/mol. The van der Waals surface area contributed by atoms with Crippen LogP contribution in [-0.4, -0.2) is 50.5 Å². The molecule has 0 radical (unpaired) electrons. The number of hydrogen-bond acceptors (Lipinski definition) is 7. The summed E-state index contributed by atoms with van der Waals surface area (Å²) < 4.78 is 35.9. The lowest BCUT2D eigenvalue weighted by atomic mass is 9.97. The van der Waals surface area contributed by atoms with Crippen molar-refractivity contribution in [1.82, 2.24) is 0 Å². The van der Waals surface area contributed by atoms with Crippen molar-refractivity contribution in [2.75, 3.05) is 33.3 Å². The summed E-state index contributed by atoms with van der Waals surface area (Å²) in [6.45, 7) is -0.101. The monoisotopic (exact) mass is 525 g/mol. The first-order valence-corrected chi connectivity index (χ1v) is 11.4. The minimum Gasteiger partial charge on any atom is -0.497 e. The molecular formula is C28H28FNO8. The summed E-state index contributed by atoms with van der Waals surface area (Å²) in [6.07, 6.45) is 0.136. The summed E-state index contributed by atoms with van der Waals surface area (Å²) >= 11 is 0. The van der Waals surface area contributed by atoms with Gasteiger partial charge < -0.3 is 34.1 Å². The lowest BCUT2D eigenvalue weighted by molar-refractivity contribution is -0.131. The number of para-hydroxylation sites is 1. The van der Waals surface area contributed by atoms with Gasteiger partial charge in [-0.1, -0.05) is 12.1 Å². The Morgan fingerprint density at radius 3 is 2.26 bits per heavy atom. The van der Waals surface area contributed by atoms with Crippen LogP contribution in [0.5, 0.6) is 23.0 Å². The Morgan fingerprint density at radius 1 is 0.895 bits per heavy atom. The van der Waals surface area contributed by atoms with Crippen LogP contribution in [0, 0.1) is 5.82 Å². The predicted octanol–water partition coefficient (Wildman–Crippen LogP) is 4.12. The molecule has 9 nitrogen and oxygen atoms in total. The molecule has 0 bridgehead atoms. The summed E-state index contributed by atoms with van der Waals surface area (Å²) in [5.41, 5.74) is 1.01. The van der Waals surface area contributed by atoms with Crippen LogP contribution >= 0.6 is 0 Å². The second-order valence-corrected chi connectivity index (χ2v) is 7.96. The third kappa shape index (κ3) is 6.22. The van der Waals surface area contributed by atoms with Gasteiger partial charge in [-0.3, -0.25) is 4.79 Å². The average molecular weight is 526 g/mol. The van der Waals surface area contributed by atoms with E-state index >= 15 is 0 Å². The molecule has 0 spiro atoms. The molecule has 3 rings (SSSR count). The zero-order chi connectivity index (χ0) is 27.8. The van der Waals surface area contributed by atoms with E-state index in [-0.39, 0.29) is 29.1 Å². The number of amides is 1. The Morgan fingerprint density at radius 2 is 1.63 bits per heavy atom. The standard InChI is InChI=1S/C28H28FNO8/c1-35-19-10-8-17(24(15-19)37-3)16-30(25(31)12-13-26(32)33)22-11-9-18(29)14-21(22)27(34)20-6-5-7-23(36-2)28(20)38-4/h5-15,27,34H,16H2,1-4H3,(H,32,33)/b13-12+. The van der Waals surface area contributed by atoms with Crippen molar-refractivity contribution < 1.29 is 43.1 Å². The molecule has 3 aromatic carbocycles. The third-order valence-electron chi connectivity index (χ3n) is 5.76. The first-order valence-electron chi connectivity index (χ1n) is 11.4. The van der Waals surface area contributed by atoms with Gasteiger partial charge in [-0.2, -0.15) is 0 Å². The van der Waals surface area contributed by atoms with Crippen LogP contribution in [0.1, 0.15) is 22.8 Å². The SMILES string of the molecule is COc1ccc(CN(C(=O)/C=C/C(=O)O)c2ccc(F)cc2C(O)c2cccc(OC)c2OC)c(OC)c1. The van der Waals surface area contributed by atoms with Crippen molar-refractivity contribution >= 4 is 17.6 Å². The maximum absolute atomic E-state index is 14.5. The highest BCUT2D eigenvalue weighted by molar-refractivity contribution is 6.04. The summed E-state index contributed by atoms with van der Waals surface area (Å²) in [4.78, 5) is 25.6. The normalized spacial score (nSPS) is 11.6. The van der Waals surface area contributed by atoms with Crippen molar-refractivity contribution in [3.05, 3.63) is 89.3 Å². The minimum absolute atomic E-state index is 0.0427. The maximum atomic E-state index is 14.5. The van der Waals surface area contributed by atoms with Gasteiger partial charge in [0.15, 0.2) is 11.5 Å². The van der Waals surface area contributed by atoms with Crippen molar-refractivity contribution in [3.63, 3.8) is 0 Å². The zero-order valence-electron chi connectivity index (χ0n) is 21.3. The Balaban J connectivity index is 2.19. The summed E-state index contributed by atoms with van der Waals surface area (Å²) in [5.74, 6) is -1.18. The van der Waals surface area contributed by atoms with Crippen molar-refractivity contribution in [2.45, 2.75) is 12.6 Å². The molecule has 0 aromatic heterocycles. The van der Waals surface area contributed by atoms with E-state index in [9.17, 15) is 19.1 Å². The molecule has 1 amide bonds. The highest BCUT2D eigenvalue weighted by Crippen LogP contribution is 2.40. The highest BCUT2D eigenvalue weighted by atomic mass is 19.1. The van der Waals surface area contributed by atoms with Crippen LogP contribution < -0.4 is 23.8 Å². The van der Waals surface area contributed by atoms with Crippen LogP contribution in [0.2, 0.25) is 0 Å². The lowest BCUT2D eigenvalue weighted by Crippen LogP contribution is -2.30. The number of aliphatic hydroxyl groups is 1. The summed E-state index contributed by atoms with van der Waals surface area (Å²) in [6, 6.07) is 13.4. The number of nitrogens with zero attached hydrogens (tertiary/aromatic N) is 1. The summed E-state index contributed by atoms with van der Waals surface area (Å²) in [7, 11) is 5.80. The maximum Gasteiger partial charge on any atom is 0.328 e. The quantitative estimate of drug-likeness (QED) is 0.360. The molecular weight excluding hydrogens is 497 g/mol. The van der Waals surface area contributed by atoms with Gasteiger partial charge in [-0.25, -0.2) is 9.18 Å². The van der Waals surface area contributed by atoms with E-state index in [2.05, 4.69) is 0 Å². The molecule has 0 aliphatic rings. The van der Waals surface area contributed by atoms with Gasteiger partial charge in [0.05, 0.1) is 40.7 Å². The van der Waals surface area contributed by atoms with Crippen molar-refractivity contribution in [3.8, 4) is 23.0 Å². The number of carboxylic acids is 1. The number of aliphatic carboxylic acids is 1. The number of aliphatic hydroxyl groups excluding tert-OH is 1. The highest BCUT2D eigenvalue weighted by Gasteiger charge is 2.26. The number of anilines is 1. The number of rotatable bonds is 11. The smallest absolute Gasteiger partial charge is 0.328 e. The third-order valence-corrected chi connectivity index (χ3v) is 5.76. The zero-order valence-corrected chi connectivity index (χ0v) is 21.3. The van der Waals surface area contributed by atoms with E-state index < -0.39 is 23.8 Å². The number of ether oxygens (including phenoxy) is 4. The van der Waals surface area contributed by atoms with Gasteiger partial charge in [0.2, 0.25) is 0 Å². The van der Waals surface area contributed by atoms with Gasteiger partial charge in [0.1, 0.15) is 23.4 Å². The number of carbonyl (C=O) groups is 2. The molecule has 38 heavy (non-hydrogen) atoms. The molecule has 3 aromatic rings. The van der Waals surface area contributed by atoms with Crippen LogP contribution in [-0.2, 0) is 16.1 Å². The number of carbonyl (C=O) groups excluding carboxylic acids is 1. The van der Waals surface area contributed by atoms with Gasteiger partial charge in [0, 0.05) is 34.9 Å². The molecule has 0 aliphatic heterocycles. The molecule has 0 aliphatic carbocycles. The fourth-order valence-electron chi connectivity index (χ4n) is 3.95. The number of carboxylic acid groups (broad SMARTS) is 1. The van der Waals surface area contributed by atoms with Gasteiger partial charge in [-0.15, -0.1) is 0 Å². The Kier molecular flexibility index (Phi) is 9.28. The molecule has 0 fully saturated rings. The van der Waals surface area contributed by atoms with Crippen LogP contribution in [0.25, 0.3) is 0 Å². The van der Waals surface area contributed by atoms with Gasteiger partial charge in [-0.05, 0) is 36.4 Å². The first kappa shape index (κ1) is 28.0. The largest absolute Gasteiger partial charge is 0.497 e. The van der Waals surface area contributed by atoms with E-state index in [0.717, 1.165) is 18.2 Å². The molecule has 2 N–H and O–H groups in total. The van der Waals surface area contributed by atoms with Crippen LogP contribution in [0.3, 0.4) is 0 Å². The number of hydrogen-bond donors (Lipinski definition) is 2. The molecule has 1 atom stereocenters. The van der Waals surface area contributed by atoms with Crippen LogP contribution in [0.15, 0.2) is 66.7 Å². The van der Waals surface area contributed by atoms with E-state index in [4.69, 9.17) is 24.1 Å². The van der Waals surface area contributed by atoms with E-state index in [0.29, 0.717) is 28.9 Å². The van der Waals surface area contributed by atoms with E-state index in [1.807, 2.05) is 0 Å². The number of methoxy groups -OCH3 is 4. The molecule has 0 saturated heterocycles. The molecule has 10 heteroatoms. The van der Waals surface area contributed by atoms with E-state index in [1.165, 1.54) is 39.4 Å². The number of halogens is 1. The molecule has 1 unspecified atom stereocenters. The average Bonchev–Trinajstić information content (AvgIpc) is 2.93. The van der Waals surface area contributed by atoms with Crippen LogP contribution in [0.4, 0.5) is 10.1 Å². The fourth-order valence-corrected chi connectivity index (χ4v) is 3.95. The second kappa shape index (κ2) is 12.6. The Bertz CT molecular complexity index is 1340. The van der Waals surface area contributed by atoms with Gasteiger partial charge in [0.25, 0.3) is 5.91 Å². The summed E-state index contributed by atoms with van der Waals surface area (Å²) in [5, 5.41) is 20.5. The Labute approximate surface area is 219 Å². The molecule has 0 heterocycles. The van der Waals surface area contributed by atoms with Gasteiger partial charge >= 0.3 is 5.97 Å². The van der Waals surface area contributed by atoms with Crippen molar-refractivity contribution in [1.29, 1.82) is 0 Å². The van der Waals surface area contributed by atoms with E-state index in [1.54, 1.807) is 36.4 Å². The minimum atomic E-state index is -1.44. The number of benzene rings is 3.